The van der Waals surface area contributed by atoms with Crippen LogP contribution in [0.2, 0.25) is 0 Å². The number of terminal acetylenes is 1. The Morgan fingerprint density at radius 2 is 2.09 bits per heavy atom. The summed E-state index contributed by atoms with van der Waals surface area (Å²) in [7, 11) is 0. The normalized spacial score (nSPS) is 8.00. The first-order chi connectivity index (χ1) is 4.75. The highest BCUT2D eigenvalue weighted by Crippen LogP contribution is 2.12. The number of nitrogen functional groups attached to an aromatic ring is 1. The standard InChI is InChI=1S/C8H6FN.ClH/c1-2-6-4-3-5-7(10)8(6)9;/h1,3-5H,10H2;1H. The first kappa shape index (κ1) is 9.80. The van der Waals surface area contributed by atoms with Crippen molar-refractivity contribution < 1.29 is 4.39 Å². The van der Waals surface area contributed by atoms with Crippen molar-refractivity contribution in [3.05, 3.63) is 29.6 Å². The number of hydrogen-bond donors (Lipinski definition) is 1. The Balaban J connectivity index is 0.000001000. The van der Waals surface area contributed by atoms with Crippen LogP contribution in [0.3, 0.4) is 0 Å². The van der Waals surface area contributed by atoms with Crippen molar-refractivity contribution in [2.45, 2.75) is 0 Å². The molecule has 58 valence electrons. The minimum Gasteiger partial charge on any atom is -0.396 e. The molecular weight excluding hydrogens is 165 g/mol. The largest absolute Gasteiger partial charge is 0.396 e. The summed E-state index contributed by atoms with van der Waals surface area (Å²) < 4.78 is 12.7. The monoisotopic (exact) mass is 171 g/mol. The molecule has 0 atom stereocenters. The Kier molecular flexibility index (Phi) is 3.43. The number of halogens is 2. The highest BCUT2D eigenvalue weighted by molar-refractivity contribution is 5.85. The topological polar surface area (TPSA) is 26.0 Å². The molecule has 0 amide bonds. The molecule has 0 unspecified atom stereocenters. The smallest absolute Gasteiger partial charge is 0.161 e. The summed E-state index contributed by atoms with van der Waals surface area (Å²) in [5.74, 6) is 1.67. The molecule has 1 aromatic rings. The van der Waals surface area contributed by atoms with Crippen molar-refractivity contribution in [3.8, 4) is 12.3 Å². The van der Waals surface area contributed by atoms with E-state index in [0.717, 1.165) is 0 Å². The van der Waals surface area contributed by atoms with Gasteiger partial charge in [-0.25, -0.2) is 4.39 Å². The molecular formula is C8H7ClFN. The third-order valence-corrected chi connectivity index (χ3v) is 1.18. The van der Waals surface area contributed by atoms with Crippen LogP contribution in [0.15, 0.2) is 18.2 Å². The maximum atomic E-state index is 12.7. The second kappa shape index (κ2) is 3.85. The number of rotatable bonds is 0. The van der Waals surface area contributed by atoms with E-state index >= 15 is 0 Å². The average Bonchev–Trinajstić information content (AvgIpc) is 1.95. The van der Waals surface area contributed by atoms with E-state index in [4.69, 9.17) is 12.2 Å². The minimum atomic E-state index is -0.509. The highest BCUT2D eigenvalue weighted by Gasteiger charge is 2.00. The van der Waals surface area contributed by atoms with Gasteiger partial charge < -0.3 is 5.73 Å². The number of hydrogen-bond acceptors (Lipinski definition) is 1. The van der Waals surface area contributed by atoms with Gasteiger partial charge in [-0.15, -0.1) is 18.8 Å². The van der Waals surface area contributed by atoms with Crippen LogP contribution in [0.5, 0.6) is 0 Å². The lowest BCUT2D eigenvalue weighted by atomic mass is 10.2. The molecule has 2 N–H and O–H groups in total. The number of benzene rings is 1. The lowest BCUT2D eigenvalue weighted by molar-refractivity contribution is 0.629. The van der Waals surface area contributed by atoms with Gasteiger partial charge in [0.1, 0.15) is 0 Å². The van der Waals surface area contributed by atoms with E-state index in [9.17, 15) is 4.39 Å². The van der Waals surface area contributed by atoms with Gasteiger partial charge in [-0.05, 0) is 12.1 Å². The third-order valence-electron chi connectivity index (χ3n) is 1.18. The van der Waals surface area contributed by atoms with Crippen LogP contribution in [0.1, 0.15) is 5.56 Å². The Bertz CT molecular complexity index is 291. The maximum Gasteiger partial charge on any atom is 0.161 e. The molecule has 11 heavy (non-hydrogen) atoms. The van der Waals surface area contributed by atoms with Crippen LogP contribution in [0.25, 0.3) is 0 Å². The Morgan fingerprint density at radius 3 is 2.55 bits per heavy atom. The lowest BCUT2D eigenvalue weighted by Crippen LogP contribution is -1.92. The summed E-state index contributed by atoms with van der Waals surface area (Å²) in [5, 5.41) is 0. The Morgan fingerprint density at radius 1 is 1.45 bits per heavy atom. The summed E-state index contributed by atoms with van der Waals surface area (Å²) in [6.07, 6.45) is 4.97. The van der Waals surface area contributed by atoms with Crippen LogP contribution in [0.4, 0.5) is 10.1 Å². The fourth-order valence-corrected chi connectivity index (χ4v) is 0.661. The third kappa shape index (κ3) is 1.86. The van der Waals surface area contributed by atoms with Gasteiger partial charge in [0.25, 0.3) is 0 Å². The zero-order chi connectivity index (χ0) is 7.56. The predicted octanol–water partition coefficient (Wildman–Crippen LogP) is 1.81. The second-order valence-electron chi connectivity index (χ2n) is 1.85. The van der Waals surface area contributed by atoms with Gasteiger partial charge in [0, 0.05) is 0 Å². The van der Waals surface area contributed by atoms with E-state index in [2.05, 4.69) is 5.92 Å². The maximum absolute atomic E-state index is 12.7. The van der Waals surface area contributed by atoms with Gasteiger partial charge in [0.05, 0.1) is 11.3 Å². The van der Waals surface area contributed by atoms with Crippen LogP contribution < -0.4 is 5.73 Å². The zero-order valence-electron chi connectivity index (χ0n) is 5.67. The van der Waals surface area contributed by atoms with Crippen molar-refractivity contribution in [2.24, 2.45) is 0 Å². The molecule has 0 spiro atoms. The molecule has 3 heteroatoms. The van der Waals surface area contributed by atoms with Gasteiger partial charge in [-0.2, -0.15) is 0 Å². The van der Waals surface area contributed by atoms with Crippen LogP contribution in [0, 0.1) is 18.2 Å². The molecule has 1 aromatic carbocycles. The Hall–Kier alpha value is -1.20. The highest BCUT2D eigenvalue weighted by atomic mass is 35.5. The van der Waals surface area contributed by atoms with Gasteiger partial charge in [0.2, 0.25) is 0 Å². The van der Waals surface area contributed by atoms with Crippen LogP contribution >= 0.6 is 12.4 Å². The van der Waals surface area contributed by atoms with E-state index in [1.54, 1.807) is 6.07 Å². The summed E-state index contributed by atoms with van der Waals surface area (Å²) in [5.41, 5.74) is 5.53. The van der Waals surface area contributed by atoms with Crippen molar-refractivity contribution in [2.75, 3.05) is 5.73 Å². The fourth-order valence-electron chi connectivity index (χ4n) is 0.661. The quantitative estimate of drug-likeness (QED) is 0.468. The van der Waals surface area contributed by atoms with Crippen LogP contribution in [-0.4, -0.2) is 0 Å². The predicted molar refractivity (Wildman–Crippen MR) is 46.0 cm³/mol. The molecule has 1 nitrogen and oxygen atoms in total. The lowest BCUT2D eigenvalue weighted by Gasteiger charge is -1.96. The van der Waals surface area contributed by atoms with Crippen molar-refractivity contribution in [3.63, 3.8) is 0 Å². The van der Waals surface area contributed by atoms with E-state index in [-0.39, 0.29) is 23.7 Å². The molecule has 0 aliphatic heterocycles. The average molecular weight is 172 g/mol. The number of nitrogens with two attached hydrogens (primary N) is 1. The molecule has 0 radical (unpaired) electrons. The summed E-state index contributed by atoms with van der Waals surface area (Å²) in [4.78, 5) is 0. The molecule has 0 fully saturated rings. The summed E-state index contributed by atoms with van der Waals surface area (Å²) in [6.45, 7) is 0. The van der Waals surface area contributed by atoms with E-state index < -0.39 is 5.82 Å². The van der Waals surface area contributed by atoms with E-state index in [1.807, 2.05) is 0 Å². The molecule has 0 aliphatic carbocycles. The SMILES string of the molecule is C#Cc1cccc(N)c1F.Cl. The van der Waals surface area contributed by atoms with E-state index in [0.29, 0.717) is 0 Å². The van der Waals surface area contributed by atoms with Gasteiger partial charge in [0.15, 0.2) is 5.82 Å². The van der Waals surface area contributed by atoms with Crippen molar-refractivity contribution in [1.29, 1.82) is 0 Å². The van der Waals surface area contributed by atoms with Crippen molar-refractivity contribution in [1.82, 2.24) is 0 Å². The summed E-state index contributed by atoms with van der Waals surface area (Å²) >= 11 is 0. The first-order valence-electron chi connectivity index (χ1n) is 2.76. The second-order valence-corrected chi connectivity index (χ2v) is 1.85. The molecule has 0 aromatic heterocycles. The zero-order valence-corrected chi connectivity index (χ0v) is 6.49. The molecule has 0 heterocycles. The Labute approximate surface area is 70.8 Å². The van der Waals surface area contributed by atoms with Gasteiger partial charge in [-0.1, -0.05) is 12.0 Å². The summed E-state index contributed by atoms with van der Waals surface area (Å²) in [6, 6.07) is 4.59. The first-order valence-corrected chi connectivity index (χ1v) is 2.76. The van der Waals surface area contributed by atoms with E-state index in [1.165, 1.54) is 12.1 Å². The number of anilines is 1. The minimum absolute atomic E-state index is 0. The molecule has 0 aliphatic rings. The molecule has 1 rings (SSSR count). The molecule has 0 saturated carbocycles. The molecule has 0 bridgehead atoms. The fraction of sp³-hybridized carbons (Fsp3) is 0. The van der Waals surface area contributed by atoms with Crippen molar-refractivity contribution >= 4 is 18.1 Å². The van der Waals surface area contributed by atoms with Gasteiger partial charge in [-0.3, -0.25) is 0 Å². The van der Waals surface area contributed by atoms with Gasteiger partial charge >= 0.3 is 0 Å². The molecule has 0 saturated heterocycles. The van der Waals surface area contributed by atoms with Crippen LogP contribution in [-0.2, 0) is 0 Å².